The van der Waals surface area contributed by atoms with Crippen LogP contribution in [0, 0.1) is 5.41 Å². The Kier molecular flexibility index (Phi) is 4.90. The van der Waals surface area contributed by atoms with Gasteiger partial charge in [-0.15, -0.1) is 0 Å². The van der Waals surface area contributed by atoms with Gasteiger partial charge in [-0.1, -0.05) is 53.4 Å². The maximum Gasteiger partial charge on any atom is 0.212 e. The largest absolute Gasteiger partial charge is 0.342 e. The summed E-state index contributed by atoms with van der Waals surface area (Å²) < 4.78 is 1.99. The molecule has 0 amide bonds. The summed E-state index contributed by atoms with van der Waals surface area (Å²) in [6.07, 6.45) is 9.48. The zero-order valence-electron chi connectivity index (χ0n) is 15.9. The first-order valence-corrected chi connectivity index (χ1v) is 11.1. The van der Waals surface area contributed by atoms with Crippen molar-refractivity contribution >= 4 is 46.4 Å². The van der Waals surface area contributed by atoms with Gasteiger partial charge in [0.05, 0.1) is 15.6 Å². The summed E-state index contributed by atoms with van der Waals surface area (Å²) in [6.45, 7) is 1.84. The van der Waals surface area contributed by atoms with Gasteiger partial charge in [0, 0.05) is 37.1 Å². The quantitative estimate of drug-likeness (QED) is 0.527. The molecule has 8 heteroatoms. The zero-order valence-corrected chi connectivity index (χ0v) is 18.2. The van der Waals surface area contributed by atoms with E-state index in [-0.39, 0.29) is 0 Å². The second-order valence-corrected chi connectivity index (χ2v) is 9.29. The SMILES string of the molecule is N[C@@H]1CCCC12CCN(c1nc(Cl)c(-c3cccc(Cl)c3Cl)c3nccn13)CC2. The first-order chi connectivity index (χ1) is 14.0. The number of hydrogen-bond donors (Lipinski definition) is 1. The first-order valence-electron chi connectivity index (χ1n) is 9.98. The molecule has 1 saturated carbocycles. The van der Waals surface area contributed by atoms with Gasteiger partial charge >= 0.3 is 0 Å². The molecule has 29 heavy (non-hydrogen) atoms. The van der Waals surface area contributed by atoms with Crippen molar-refractivity contribution in [2.24, 2.45) is 11.1 Å². The monoisotopic (exact) mass is 449 g/mol. The normalized spacial score (nSPS) is 21.4. The Morgan fingerprint density at radius 3 is 2.62 bits per heavy atom. The molecule has 1 spiro atoms. The smallest absolute Gasteiger partial charge is 0.212 e. The molecule has 1 saturated heterocycles. The average Bonchev–Trinajstić information content (AvgIpc) is 3.33. The van der Waals surface area contributed by atoms with Gasteiger partial charge in [-0.25, -0.2) is 9.97 Å². The number of nitrogens with zero attached hydrogens (tertiary/aromatic N) is 4. The van der Waals surface area contributed by atoms with Gasteiger partial charge in [-0.05, 0) is 37.2 Å². The van der Waals surface area contributed by atoms with Crippen molar-refractivity contribution in [1.29, 1.82) is 0 Å². The minimum atomic E-state index is 0.294. The number of piperidine rings is 1. The van der Waals surface area contributed by atoms with Crippen molar-refractivity contribution in [2.45, 2.75) is 38.1 Å². The molecule has 3 heterocycles. The fourth-order valence-electron chi connectivity index (χ4n) is 5.03. The summed E-state index contributed by atoms with van der Waals surface area (Å²) in [5.41, 5.74) is 8.89. The number of nitrogens with two attached hydrogens (primary N) is 1. The Balaban J connectivity index is 1.54. The number of hydrogen-bond acceptors (Lipinski definition) is 4. The van der Waals surface area contributed by atoms with E-state index in [1.54, 1.807) is 12.3 Å². The van der Waals surface area contributed by atoms with Crippen LogP contribution in [0.15, 0.2) is 30.6 Å². The molecule has 1 aliphatic carbocycles. The molecule has 152 valence electrons. The topological polar surface area (TPSA) is 59.5 Å². The van der Waals surface area contributed by atoms with Crippen LogP contribution in [0.4, 0.5) is 5.95 Å². The van der Waals surface area contributed by atoms with E-state index in [0.29, 0.717) is 32.2 Å². The lowest BCUT2D eigenvalue weighted by molar-refractivity contribution is 0.197. The zero-order chi connectivity index (χ0) is 20.2. The summed E-state index contributed by atoms with van der Waals surface area (Å²) >= 11 is 19.4. The maximum atomic E-state index is 6.67. The van der Waals surface area contributed by atoms with Gasteiger partial charge in [0.1, 0.15) is 5.15 Å². The fraction of sp³-hybridized carbons (Fsp3) is 0.429. The Morgan fingerprint density at radius 1 is 1.10 bits per heavy atom. The van der Waals surface area contributed by atoms with Crippen molar-refractivity contribution in [2.75, 3.05) is 18.0 Å². The van der Waals surface area contributed by atoms with Crippen molar-refractivity contribution < 1.29 is 0 Å². The molecule has 1 aliphatic heterocycles. The number of aromatic nitrogens is 3. The maximum absolute atomic E-state index is 6.67. The van der Waals surface area contributed by atoms with Crippen LogP contribution in [0.2, 0.25) is 15.2 Å². The number of rotatable bonds is 2. The molecule has 5 nitrogen and oxygen atoms in total. The van der Waals surface area contributed by atoms with Crippen LogP contribution in [-0.4, -0.2) is 33.5 Å². The van der Waals surface area contributed by atoms with Crippen LogP contribution < -0.4 is 10.6 Å². The van der Waals surface area contributed by atoms with E-state index in [1.165, 1.54) is 12.8 Å². The predicted octanol–water partition coefficient (Wildman–Crippen LogP) is 5.45. The summed E-state index contributed by atoms with van der Waals surface area (Å²) in [5.74, 6) is 0.811. The third kappa shape index (κ3) is 3.10. The fourth-order valence-corrected chi connectivity index (χ4v) is 5.69. The number of anilines is 1. The standard InChI is InChI=1S/C21H22Cl3N5/c22-14-4-1-3-13(17(14)23)16-18(24)27-20(29-12-9-26-19(16)29)28-10-7-21(8-11-28)6-2-5-15(21)25/h1,3-4,9,12,15H,2,5-8,10-11,25H2/t15-/m1/s1. The van der Waals surface area contributed by atoms with E-state index in [4.69, 9.17) is 45.5 Å². The number of imidazole rings is 1. The molecular weight excluding hydrogens is 429 g/mol. The van der Waals surface area contributed by atoms with E-state index in [0.717, 1.165) is 49.5 Å². The van der Waals surface area contributed by atoms with Crippen LogP contribution in [-0.2, 0) is 0 Å². The highest BCUT2D eigenvalue weighted by Crippen LogP contribution is 2.46. The number of benzene rings is 1. The van der Waals surface area contributed by atoms with Crippen molar-refractivity contribution in [3.8, 4) is 11.1 Å². The molecule has 5 rings (SSSR count). The van der Waals surface area contributed by atoms with Crippen LogP contribution in [0.3, 0.4) is 0 Å². The lowest BCUT2D eigenvalue weighted by Crippen LogP contribution is -2.47. The minimum absolute atomic E-state index is 0.294. The highest BCUT2D eigenvalue weighted by atomic mass is 35.5. The number of halogens is 3. The van der Waals surface area contributed by atoms with E-state index in [1.807, 2.05) is 22.7 Å². The van der Waals surface area contributed by atoms with Gasteiger partial charge < -0.3 is 10.6 Å². The Morgan fingerprint density at radius 2 is 1.90 bits per heavy atom. The van der Waals surface area contributed by atoms with E-state index in [9.17, 15) is 0 Å². The van der Waals surface area contributed by atoms with Gasteiger partial charge in [-0.2, -0.15) is 0 Å². The summed E-state index contributed by atoms with van der Waals surface area (Å²) in [4.78, 5) is 11.6. The Bertz CT molecular complexity index is 1070. The molecule has 2 N–H and O–H groups in total. The molecule has 1 aromatic carbocycles. The first kappa shape index (κ1) is 19.4. The van der Waals surface area contributed by atoms with Gasteiger partial charge in [0.15, 0.2) is 5.65 Å². The molecular formula is C21H22Cl3N5. The van der Waals surface area contributed by atoms with E-state index < -0.39 is 0 Å². The molecule has 0 radical (unpaired) electrons. The third-order valence-electron chi connectivity index (χ3n) is 6.72. The average molecular weight is 451 g/mol. The molecule has 0 unspecified atom stereocenters. The van der Waals surface area contributed by atoms with E-state index in [2.05, 4.69) is 9.88 Å². The summed E-state index contributed by atoms with van der Waals surface area (Å²) in [6, 6.07) is 5.81. The second kappa shape index (κ2) is 7.31. The summed E-state index contributed by atoms with van der Waals surface area (Å²) in [7, 11) is 0. The van der Waals surface area contributed by atoms with Crippen molar-refractivity contribution in [1.82, 2.24) is 14.4 Å². The highest BCUT2D eigenvalue weighted by molar-refractivity contribution is 6.44. The van der Waals surface area contributed by atoms with Gasteiger partial charge in [0.25, 0.3) is 0 Å². The van der Waals surface area contributed by atoms with Gasteiger partial charge in [-0.3, -0.25) is 4.40 Å². The van der Waals surface area contributed by atoms with Crippen LogP contribution >= 0.6 is 34.8 Å². The Labute approximate surface area is 184 Å². The van der Waals surface area contributed by atoms with Crippen LogP contribution in [0.5, 0.6) is 0 Å². The van der Waals surface area contributed by atoms with Crippen LogP contribution in [0.25, 0.3) is 16.8 Å². The third-order valence-corrected chi connectivity index (χ3v) is 7.82. The Hall–Kier alpha value is -1.53. The minimum Gasteiger partial charge on any atom is -0.342 e. The predicted molar refractivity (Wildman–Crippen MR) is 119 cm³/mol. The highest BCUT2D eigenvalue weighted by Gasteiger charge is 2.43. The van der Waals surface area contributed by atoms with Crippen molar-refractivity contribution in [3.05, 3.63) is 45.8 Å². The molecule has 3 aromatic rings. The van der Waals surface area contributed by atoms with Crippen LogP contribution in [0.1, 0.15) is 32.1 Å². The van der Waals surface area contributed by atoms with Gasteiger partial charge in [0.2, 0.25) is 5.95 Å². The molecule has 2 aliphatic rings. The second-order valence-electron chi connectivity index (χ2n) is 8.15. The lowest BCUT2D eigenvalue weighted by Gasteiger charge is -2.42. The lowest BCUT2D eigenvalue weighted by atomic mass is 9.74. The van der Waals surface area contributed by atoms with Crippen molar-refractivity contribution in [3.63, 3.8) is 0 Å². The molecule has 2 aromatic heterocycles. The molecule has 1 atom stereocenters. The molecule has 0 bridgehead atoms. The molecule has 2 fully saturated rings. The van der Waals surface area contributed by atoms with E-state index >= 15 is 0 Å². The summed E-state index contributed by atoms with van der Waals surface area (Å²) in [5, 5.41) is 1.30. The number of fused-ring (bicyclic) bond motifs is 1.